The van der Waals surface area contributed by atoms with Crippen molar-refractivity contribution in [1.29, 1.82) is 0 Å². The molecule has 1 unspecified atom stereocenters. The molecule has 6 nitrogen and oxygen atoms in total. The van der Waals surface area contributed by atoms with Crippen LogP contribution in [0.5, 0.6) is 11.5 Å². The number of ether oxygens (including phenoxy) is 2. The molecule has 2 aliphatic rings. The van der Waals surface area contributed by atoms with Crippen molar-refractivity contribution >= 4 is 6.03 Å². The quantitative estimate of drug-likeness (QED) is 0.865. The summed E-state index contributed by atoms with van der Waals surface area (Å²) >= 11 is 0. The van der Waals surface area contributed by atoms with Crippen molar-refractivity contribution in [3.05, 3.63) is 59.2 Å². The van der Waals surface area contributed by atoms with E-state index in [0.717, 1.165) is 56.2 Å². The Balaban J connectivity index is 1.27. The summed E-state index contributed by atoms with van der Waals surface area (Å²) < 4.78 is 11.2. The maximum Gasteiger partial charge on any atom is 0.317 e. The summed E-state index contributed by atoms with van der Waals surface area (Å²) in [5.41, 5.74) is 3.69. The van der Waals surface area contributed by atoms with Gasteiger partial charge in [0.15, 0.2) is 11.5 Å². The molecule has 1 atom stereocenters. The summed E-state index contributed by atoms with van der Waals surface area (Å²) in [5.74, 6) is 1.54. The van der Waals surface area contributed by atoms with E-state index < -0.39 is 0 Å². The van der Waals surface area contributed by atoms with Gasteiger partial charge in [-0.1, -0.05) is 42.0 Å². The number of urea groups is 1. The fourth-order valence-electron chi connectivity index (χ4n) is 4.09. The molecule has 0 aromatic heterocycles. The predicted octanol–water partition coefficient (Wildman–Crippen LogP) is 2.83. The standard InChI is InChI=1S/C23H29N3O3/c1-17-5-3-6-18(13-17)15-25-9-11-26(12-10-25)23(27)24-20-14-19-7-4-8-21(28-2)22(19)29-16-20/h3-8,13,20H,9-12,14-16H2,1-2H3,(H,24,27). The minimum Gasteiger partial charge on any atom is -0.493 e. The lowest BCUT2D eigenvalue weighted by molar-refractivity contribution is 0.129. The number of hydrogen-bond acceptors (Lipinski definition) is 4. The largest absolute Gasteiger partial charge is 0.493 e. The number of rotatable bonds is 4. The van der Waals surface area contributed by atoms with Crippen molar-refractivity contribution in [2.45, 2.75) is 25.9 Å². The molecule has 0 radical (unpaired) electrons. The van der Waals surface area contributed by atoms with Crippen molar-refractivity contribution in [2.75, 3.05) is 39.9 Å². The third-order valence-electron chi connectivity index (χ3n) is 5.65. The molecule has 29 heavy (non-hydrogen) atoms. The van der Waals surface area contributed by atoms with Crippen LogP contribution in [0.2, 0.25) is 0 Å². The van der Waals surface area contributed by atoms with Crippen LogP contribution in [0.4, 0.5) is 4.79 Å². The van der Waals surface area contributed by atoms with Crippen LogP contribution in [0.25, 0.3) is 0 Å². The van der Waals surface area contributed by atoms with E-state index in [2.05, 4.69) is 41.4 Å². The van der Waals surface area contributed by atoms with Gasteiger partial charge in [0, 0.05) is 38.3 Å². The summed E-state index contributed by atoms with van der Waals surface area (Å²) in [4.78, 5) is 17.0. The normalized spacial score (nSPS) is 19.2. The zero-order chi connectivity index (χ0) is 20.2. The smallest absolute Gasteiger partial charge is 0.317 e. The van der Waals surface area contributed by atoms with Crippen LogP contribution in [-0.2, 0) is 13.0 Å². The molecule has 2 aromatic carbocycles. The number of nitrogens with one attached hydrogen (secondary N) is 1. The third-order valence-corrected chi connectivity index (χ3v) is 5.65. The van der Waals surface area contributed by atoms with E-state index in [-0.39, 0.29) is 12.1 Å². The van der Waals surface area contributed by atoms with E-state index >= 15 is 0 Å². The predicted molar refractivity (Wildman–Crippen MR) is 113 cm³/mol. The first kappa shape index (κ1) is 19.6. The van der Waals surface area contributed by atoms with Gasteiger partial charge in [0.05, 0.1) is 13.2 Å². The molecule has 0 saturated carbocycles. The topological polar surface area (TPSA) is 54.0 Å². The molecule has 0 aliphatic carbocycles. The Morgan fingerprint density at radius 2 is 1.97 bits per heavy atom. The Kier molecular flexibility index (Phi) is 5.90. The van der Waals surface area contributed by atoms with Crippen LogP contribution in [0.15, 0.2) is 42.5 Å². The Hall–Kier alpha value is -2.73. The van der Waals surface area contributed by atoms with Crippen LogP contribution in [0.3, 0.4) is 0 Å². The van der Waals surface area contributed by atoms with E-state index in [9.17, 15) is 4.79 Å². The van der Waals surface area contributed by atoms with Gasteiger partial charge in [0.2, 0.25) is 0 Å². The van der Waals surface area contributed by atoms with Crippen molar-refractivity contribution in [3.63, 3.8) is 0 Å². The number of piperazine rings is 1. The van der Waals surface area contributed by atoms with Gasteiger partial charge < -0.3 is 19.7 Å². The zero-order valence-corrected chi connectivity index (χ0v) is 17.2. The van der Waals surface area contributed by atoms with Crippen LogP contribution >= 0.6 is 0 Å². The Labute approximate surface area is 172 Å². The molecule has 154 valence electrons. The molecule has 1 saturated heterocycles. The number of methoxy groups -OCH3 is 1. The van der Waals surface area contributed by atoms with Gasteiger partial charge >= 0.3 is 6.03 Å². The summed E-state index contributed by atoms with van der Waals surface area (Å²) in [7, 11) is 1.64. The first-order chi connectivity index (χ1) is 14.1. The molecule has 0 bridgehead atoms. The van der Waals surface area contributed by atoms with Crippen molar-refractivity contribution in [1.82, 2.24) is 15.1 Å². The molecule has 2 aromatic rings. The van der Waals surface area contributed by atoms with Crippen LogP contribution in [-0.4, -0.2) is 61.8 Å². The summed E-state index contributed by atoms with van der Waals surface area (Å²) in [6, 6.07) is 14.5. The molecule has 4 rings (SSSR count). The second-order valence-electron chi connectivity index (χ2n) is 7.86. The molecule has 6 heteroatoms. The lowest BCUT2D eigenvalue weighted by atomic mass is 10.0. The third kappa shape index (κ3) is 4.65. The summed E-state index contributed by atoms with van der Waals surface area (Å²) in [6.45, 7) is 6.80. The number of fused-ring (bicyclic) bond motifs is 1. The molecule has 2 amide bonds. The zero-order valence-electron chi connectivity index (χ0n) is 17.2. The van der Waals surface area contributed by atoms with Crippen LogP contribution in [0, 0.1) is 6.92 Å². The molecule has 2 heterocycles. The molecule has 2 aliphatic heterocycles. The fraction of sp³-hybridized carbons (Fsp3) is 0.435. The highest BCUT2D eigenvalue weighted by molar-refractivity contribution is 5.74. The minimum absolute atomic E-state index is 0.000140. The number of amides is 2. The second-order valence-corrected chi connectivity index (χ2v) is 7.86. The highest BCUT2D eigenvalue weighted by Crippen LogP contribution is 2.34. The monoisotopic (exact) mass is 395 g/mol. The number of aryl methyl sites for hydroxylation is 1. The number of carbonyl (C=O) groups is 1. The van der Waals surface area contributed by atoms with Crippen LogP contribution < -0.4 is 14.8 Å². The Morgan fingerprint density at radius 3 is 2.72 bits per heavy atom. The van der Waals surface area contributed by atoms with Gasteiger partial charge in [-0.25, -0.2) is 4.79 Å². The van der Waals surface area contributed by atoms with Gasteiger partial charge in [0.25, 0.3) is 0 Å². The molecule has 1 fully saturated rings. The maximum atomic E-state index is 12.7. The van der Waals surface area contributed by atoms with Gasteiger partial charge in [-0.05, 0) is 25.0 Å². The van der Waals surface area contributed by atoms with E-state index in [1.54, 1.807) is 7.11 Å². The SMILES string of the molecule is COc1cccc2c1OCC(NC(=O)N1CCN(Cc3cccc(C)c3)CC1)C2. The van der Waals surface area contributed by atoms with Gasteiger partial charge in [-0.2, -0.15) is 0 Å². The van der Waals surface area contributed by atoms with E-state index in [4.69, 9.17) is 9.47 Å². The average molecular weight is 396 g/mol. The second kappa shape index (κ2) is 8.74. The van der Waals surface area contributed by atoms with E-state index in [1.165, 1.54) is 11.1 Å². The first-order valence-corrected chi connectivity index (χ1v) is 10.2. The van der Waals surface area contributed by atoms with Crippen molar-refractivity contribution in [3.8, 4) is 11.5 Å². The van der Waals surface area contributed by atoms with E-state index in [1.807, 2.05) is 23.1 Å². The highest BCUT2D eigenvalue weighted by atomic mass is 16.5. The Bertz CT molecular complexity index is 862. The number of hydrogen-bond donors (Lipinski definition) is 1. The van der Waals surface area contributed by atoms with Gasteiger partial charge in [-0.3, -0.25) is 4.90 Å². The van der Waals surface area contributed by atoms with Crippen LogP contribution in [0.1, 0.15) is 16.7 Å². The minimum atomic E-state index is -0.0209. The average Bonchev–Trinajstić information content (AvgIpc) is 2.73. The lowest BCUT2D eigenvalue weighted by Crippen LogP contribution is -2.54. The number of benzene rings is 2. The summed E-state index contributed by atoms with van der Waals surface area (Å²) in [6.07, 6.45) is 0.756. The number of para-hydroxylation sites is 1. The summed E-state index contributed by atoms with van der Waals surface area (Å²) in [5, 5.41) is 3.14. The van der Waals surface area contributed by atoms with Crippen molar-refractivity contribution < 1.29 is 14.3 Å². The number of carbonyl (C=O) groups excluding carboxylic acids is 1. The fourth-order valence-corrected chi connectivity index (χ4v) is 4.09. The van der Waals surface area contributed by atoms with Gasteiger partial charge in [-0.15, -0.1) is 0 Å². The number of nitrogens with zero attached hydrogens (tertiary/aromatic N) is 2. The lowest BCUT2D eigenvalue weighted by Gasteiger charge is -2.36. The molecule has 0 spiro atoms. The highest BCUT2D eigenvalue weighted by Gasteiger charge is 2.27. The van der Waals surface area contributed by atoms with Crippen molar-refractivity contribution in [2.24, 2.45) is 0 Å². The molecule has 1 N–H and O–H groups in total. The first-order valence-electron chi connectivity index (χ1n) is 10.2. The van der Waals surface area contributed by atoms with Gasteiger partial charge in [0.1, 0.15) is 6.61 Å². The Morgan fingerprint density at radius 1 is 1.17 bits per heavy atom. The molecular formula is C23H29N3O3. The molecular weight excluding hydrogens is 366 g/mol. The van der Waals surface area contributed by atoms with E-state index in [0.29, 0.717) is 6.61 Å². The maximum absolute atomic E-state index is 12.7.